The van der Waals surface area contributed by atoms with Gasteiger partial charge in [-0.25, -0.2) is 9.55 Å². The standard InChI is InChI=1S/C17H15N5O/c1-18-11-15-19-13-9-5-6-10-14(13)22(15)17-21-20-16(23-17)12-7-3-2-4-8-12/h2-10,18H,11H2,1H3. The van der Waals surface area contributed by atoms with E-state index in [-0.39, 0.29) is 0 Å². The molecule has 0 unspecified atom stereocenters. The second kappa shape index (κ2) is 5.66. The van der Waals surface area contributed by atoms with E-state index in [1.807, 2.05) is 66.2 Å². The van der Waals surface area contributed by atoms with E-state index in [0.717, 1.165) is 22.4 Å². The number of benzene rings is 2. The van der Waals surface area contributed by atoms with Gasteiger partial charge in [0.15, 0.2) is 0 Å². The van der Waals surface area contributed by atoms with Gasteiger partial charge in [-0.2, -0.15) is 0 Å². The number of para-hydroxylation sites is 2. The first-order valence-electron chi connectivity index (χ1n) is 7.37. The average Bonchev–Trinajstić information content (AvgIpc) is 3.20. The molecule has 2 aromatic heterocycles. The van der Waals surface area contributed by atoms with Crippen LogP contribution in [0, 0.1) is 0 Å². The van der Waals surface area contributed by atoms with E-state index in [1.165, 1.54) is 0 Å². The highest BCUT2D eigenvalue weighted by atomic mass is 16.4. The van der Waals surface area contributed by atoms with Gasteiger partial charge in [-0.05, 0) is 31.3 Å². The Kier molecular flexibility index (Phi) is 3.36. The van der Waals surface area contributed by atoms with Gasteiger partial charge >= 0.3 is 6.01 Å². The molecule has 6 heteroatoms. The molecule has 0 saturated heterocycles. The number of nitrogens with one attached hydrogen (secondary N) is 1. The predicted molar refractivity (Wildman–Crippen MR) is 87.1 cm³/mol. The minimum Gasteiger partial charge on any atom is -0.403 e. The second-order valence-corrected chi connectivity index (χ2v) is 5.14. The predicted octanol–water partition coefficient (Wildman–Crippen LogP) is 2.79. The zero-order chi connectivity index (χ0) is 15.6. The van der Waals surface area contributed by atoms with E-state index < -0.39 is 0 Å². The number of hydrogen-bond donors (Lipinski definition) is 1. The molecular weight excluding hydrogens is 290 g/mol. The van der Waals surface area contributed by atoms with Crippen LogP contribution in [0.4, 0.5) is 0 Å². The number of hydrogen-bond acceptors (Lipinski definition) is 5. The summed E-state index contributed by atoms with van der Waals surface area (Å²) in [4.78, 5) is 4.63. The van der Waals surface area contributed by atoms with E-state index in [9.17, 15) is 0 Å². The highest BCUT2D eigenvalue weighted by Gasteiger charge is 2.17. The Balaban J connectivity index is 1.86. The molecule has 1 N–H and O–H groups in total. The molecule has 2 aromatic carbocycles. The average molecular weight is 305 g/mol. The van der Waals surface area contributed by atoms with E-state index in [1.54, 1.807) is 0 Å². The fourth-order valence-corrected chi connectivity index (χ4v) is 2.57. The van der Waals surface area contributed by atoms with Crippen LogP contribution in [-0.2, 0) is 6.54 Å². The third-order valence-corrected chi connectivity index (χ3v) is 3.59. The number of fused-ring (bicyclic) bond motifs is 1. The summed E-state index contributed by atoms with van der Waals surface area (Å²) in [6.45, 7) is 0.609. The molecule has 0 aliphatic rings. The smallest absolute Gasteiger partial charge is 0.328 e. The minimum atomic E-state index is 0.419. The van der Waals surface area contributed by atoms with E-state index >= 15 is 0 Å². The van der Waals surface area contributed by atoms with Gasteiger partial charge in [-0.3, -0.25) is 0 Å². The Bertz CT molecular complexity index is 942. The maximum absolute atomic E-state index is 5.88. The van der Waals surface area contributed by atoms with E-state index in [4.69, 9.17) is 4.42 Å². The van der Waals surface area contributed by atoms with Crippen LogP contribution < -0.4 is 5.32 Å². The number of rotatable bonds is 4. The molecule has 0 amide bonds. The topological polar surface area (TPSA) is 68.8 Å². The molecule has 0 fully saturated rings. The van der Waals surface area contributed by atoms with Crippen molar-refractivity contribution in [2.24, 2.45) is 0 Å². The van der Waals surface area contributed by atoms with Crippen molar-refractivity contribution in [2.75, 3.05) is 7.05 Å². The fraction of sp³-hybridized carbons (Fsp3) is 0.118. The first kappa shape index (κ1) is 13.7. The van der Waals surface area contributed by atoms with Gasteiger partial charge in [0.25, 0.3) is 0 Å². The maximum atomic E-state index is 5.88. The Morgan fingerprint density at radius 3 is 2.61 bits per heavy atom. The van der Waals surface area contributed by atoms with Gasteiger partial charge in [0.1, 0.15) is 5.82 Å². The summed E-state index contributed by atoms with van der Waals surface area (Å²) in [6.07, 6.45) is 0. The Morgan fingerprint density at radius 1 is 1.00 bits per heavy atom. The largest absolute Gasteiger partial charge is 0.403 e. The fourth-order valence-electron chi connectivity index (χ4n) is 2.57. The molecule has 6 nitrogen and oxygen atoms in total. The van der Waals surface area contributed by atoms with Crippen molar-refractivity contribution < 1.29 is 4.42 Å². The summed E-state index contributed by atoms with van der Waals surface area (Å²) in [6, 6.07) is 18.0. The summed E-state index contributed by atoms with van der Waals surface area (Å²) in [5.41, 5.74) is 2.74. The lowest BCUT2D eigenvalue weighted by atomic mass is 10.2. The van der Waals surface area contributed by atoms with Crippen LogP contribution in [0.15, 0.2) is 59.0 Å². The lowest BCUT2D eigenvalue weighted by Crippen LogP contribution is -2.11. The summed E-state index contributed by atoms with van der Waals surface area (Å²) in [5, 5.41) is 11.5. The van der Waals surface area contributed by atoms with Gasteiger partial charge in [0.05, 0.1) is 17.6 Å². The van der Waals surface area contributed by atoms with Crippen molar-refractivity contribution in [2.45, 2.75) is 6.54 Å². The molecular formula is C17H15N5O. The summed E-state index contributed by atoms with van der Waals surface area (Å²) in [7, 11) is 1.88. The number of aromatic nitrogens is 4. The van der Waals surface area contributed by atoms with Crippen molar-refractivity contribution in [1.29, 1.82) is 0 Å². The number of imidazole rings is 1. The molecule has 0 saturated carbocycles. The van der Waals surface area contributed by atoms with Gasteiger partial charge in [0, 0.05) is 5.56 Å². The molecule has 2 heterocycles. The van der Waals surface area contributed by atoms with Gasteiger partial charge in [0.2, 0.25) is 5.89 Å². The summed E-state index contributed by atoms with van der Waals surface area (Å²) < 4.78 is 7.78. The molecule has 0 aliphatic carbocycles. The molecule has 0 atom stereocenters. The first-order chi connectivity index (χ1) is 11.4. The normalized spacial score (nSPS) is 11.2. The monoisotopic (exact) mass is 305 g/mol. The van der Waals surface area contributed by atoms with Crippen LogP contribution >= 0.6 is 0 Å². The van der Waals surface area contributed by atoms with E-state index in [0.29, 0.717) is 18.5 Å². The van der Waals surface area contributed by atoms with Gasteiger partial charge < -0.3 is 9.73 Å². The zero-order valence-electron chi connectivity index (χ0n) is 12.6. The van der Waals surface area contributed by atoms with Crippen LogP contribution in [-0.4, -0.2) is 26.8 Å². The lowest BCUT2D eigenvalue weighted by molar-refractivity contribution is 0.532. The molecule has 4 aromatic rings. The minimum absolute atomic E-state index is 0.419. The quantitative estimate of drug-likeness (QED) is 0.628. The van der Waals surface area contributed by atoms with Crippen molar-refractivity contribution in [3.05, 3.63) is 60.4 Å². The molecule has 0 radical (unpaired) electrons. The van der Waals surface area contributed by atoms with Crippen molar-refractivity contribution in [3.8, 4) is 17.5 Å². The van der Waals surface area contributed by atoms with Crippen LogP contribution in [0.5, 0.6) is 0 Å². The molecule has 23 heavy (non-hydrogen) atoms. The third-order valence-electron chi connectivity index (χ3n) is 3.59. The molecule has 4 rings (SSSR count). The molecule has 0 aliphatic heterocycles. The lowest BCUT2D eigenvalue weighted by Gasteiger charge is -2.03. The van der Waals surface area contributed by atoms with Gasteiger partial charge in [-0.1, -0.05) is 35.4 Å². The van der Waals surface area contributed by atoms with E-state index in [2.05, 4.69) is 20.5 Å². The van der Waals surface area contributed by atoms with Gasteiger partial charge in [-0.15, -0.1) is 5.10 Å². The Hall–Kier alpha value is -2.99. The van der Waals surface area contributed by atoms with Crippen LogP contribution in [0.2, 0.25) is 0 Å². The SMILES string of the molecule is CNCc1nc2ccccc2n1-c1nnc(-c2ccccc2)o1. The second-order valence-electron chi connectivity index (χ2n) is 5.14. The van der Waals surface area contributed by atoms with Crippen molar-refractivity contribution in [1.82, 2.24) is 25.1 Å². The van der Waals surface area contributed by atoms with Crippen LogP contribution in [0.1, 0.15) is 5.82 Å². The first-order valence-corrected chi connectivity index (χ1v) is 7.37. The summed E-state index contributed by atoms with van der Waals surface area (Å²) in [5.74, 6) is 1.32. The highest BCUT2D eigenvalue weighted by Crippen LogP contribution is 2.24. The van der Waals surface area contributed by atoms with Crippen LogP contribution in [0.25, 0.3) is 28.5 Å². The molecule has 0 spiro atoms. The number of nitrogens with zero attached hydrogens (tertiary/aromatic N) is 4. The Morgan fingerprint density at radius 2 is 1.78 bits per heavy atom. The maximum Gasteiger partial charge on any atom is 0.328 e. The van der Waals surface area contributed by atoms with Crippen LogP contribution in [0.3, 0.4) is 0 Å². The molecule has 114 valence electrons. The Labute approximate surface area is 132 Å². The zero-order valence-corrected chi connectivity index (χ0v) is 12.6. The van der Waals surface area contributed by atoms with Crippen molar-refractivity contribution >= 4 is 11.0 Å². The molecule has 0 bridgehead atoms. The van der Waals surface area contributed by atoms with Crippen molar-refractivity contribution in [3.63, 3.8) is 0 Å². The highest BCUT2D eigenvalue weighted by molar-refractivity contribution is 5.77. The third kappa shape index (κ3) is 2.39. The summed E-state index contributed by atoms with van der Waals surface area (Å²) >= 11 is 0.